The Balaban J connectivity index is 2.18. The highest BCUT2D eigenvalue weighted by molar-refractivity contribution is 7.98. The molecular weight excluding hydrogens is 280 g/mol. The van der Waals surface area contributed by atoms with Gasteiger partial charge in [0.15, 0.2) is 5.96 Å². The highest BCUT2D eigenvalue weighted by Crippen LogP contribution is 2.21. The van der Waals surface area contributed by atoms with Gasteiger partial charge in [0.2, 0.25) is 0 Å². The molecule has 0 radical (unpaired) electrons. The van der Waals surface area contributed by atoms with Crippen LogP contribution in [-0.4, -0.2) is 62.1 Å². The highest BCUT2D eigenvalue weighted by atomic mass is 32.2. The minimum atomic E-state index is 0.804. The van der Waals surface area contributed by atoms with Crippen LogP contribution in [0, 0.1) is 0 Å². The van der Waals surface area contributed by atoms with Crippen molar-refractivity contribution >= 4 is 17.7 Å². The molecule has 0 aromatic rings. The molecule has 2 N–H and O–H groups in total. The van der Waals surface area contributed by atoms with Gasteiger partial charge >= 0.3 is 0 Å². The zero-order valence-corrected chi connectivity index (χ0v) is 15.0. The van der Waals surface area contributed by atoms with Gasteiger partial charge in [0.1, 0.15) is 0 Å². The Labute approximate surface area is 135 Å². The van der Waals surface area contributed by atoms with Gasteiger partial charge in [0.05, 0.1) is 0 Å². The molecule has 124 valence electrons. The third-order valence-corrected chi connectivity index (χ3v) is 4.77. The first-order valence-corrected chi connectivity index (χ1v) is 9.88. The third-order valence-electron chi connectivity index (χ3n) is 4.08. The van der Waals surface area contributed by atoms with Crippen LogP contribution < -0.4 is 10.6 Å². The molecule has 1 aliphatic carbocycles. The maximum Gasteiger partial charge on any atom is 0.191 e. The van der Waals surface area contributed by atoms with Gasteiger partial charge in [0.25, 0.3) is 0 Å². The average molecular weight is 315 g/mol. The number of thioether (sulfide) groups is 1. The molecule has 1 saturated carbocycles. The Morgan fingerprint density at radius 3 is 2.67 bits per heavy atom. The summed E-state index contributed by atoms with van der Waals surface area (Å²) in [5.41, 5.74) is 0. The summed E-state index contributed by atoms with van der Waals surface area (Å²) in [6, 6.07) is 0.804. The molecule has 0 atom stereocenters. The van der Waals surface area contributed by atoms with E-state index in [0.29, 0.717) is 0 Å². The SMILES string of the molecule is CCNC(=NCCCCSC)NCCN(C)C1CCCC1. The molecule has 0 saturated heterocycles. The van der Waals surface area contributed by atoms with Gasteiger partial charge in [-0.2, -0.15) is 11.8 Å². The summed E-state index contributed by atoms with van der Waals surface area (Å²) >= 11 is 1.91. The van der Waals surface area contributed by atoms with Gasteiger partial charge in [-0.1, -0.05) is 12.8 Å². The Kier molecular flexibility index (Phi) is 10.8. The van der Waals surface area contributed by atoms with Crippen LogP contribution >= 0.6 is 11.8 Å². The van der Waals surface area contributed by atoms with E-state index in [4.69, 9.17) is 0 Å². The molecular formula is C16H34N4S. The fourth-order valence-corrected chi connectivity index (χ4v) is 3.26. The molecule has 0 aliphatic heterocycles. The van der Waals surface area contributed by atoms with E-state index in [2.05, 4.69) is 40.8 Å². The Morgan fingerprint density at radius 2 is 2.00 bits per heavy atom. The van der Waals surface area contributed by atoms with Crippen molar-refractivity contribution in [2.75, 3.05) is 45.2 Å². The largest absolute Gasteiger partial charge is 0.357 e. The minimum Gasteiger partial charge on any atom is -0.357 e. The lowest BCUT2D eigenvalue weighted by Gasteiger charge is -2.24. The second kappa shape index (κ2) is 12.2. The van der Waals surface area contributed by atoms with Crippen LogP contribution in [0.1, 0.15) is 45.4 Å². The van der Waals surface area contributed by atoms with Crippen LogP contribution in [-0.2, 0) is 0 Å². The molecule has 1 fully saturated rings. The molecule has 0 unspecified atom stereocenters. The first kappa shape index (κ1) is 18.6. The maximum atomic E-state index is 4.65. The van der Waals surface area contributed by atoms with E-state index in [1.54, 1.807) is 0 Å². The van der Waals surface area contributed by atoms with Crippen LogP contribution in [0.2, 0.25) is 0 Å². The van der Waals surface area contributed by atoms with E-state index >= 15 is 0 Å². The van der Waals surface area contributed by atoms with Gasteiger partial charge in [-0.3, -0.25) is 4.99 Å². The van der Waals surface area contributed by atoms with Gasteiger partial charge in [-0.25, -0.2) is 0 Å². The molecule has 1 aliphatic rings. The van der Waals surface area contributed by atoms with Crippen LogP contribution in [0.15, 0.2) is 4.99 Å². The van der Waals surface area contributed by atoms with Crippen LogP contribution in [0.25, 0.3) is 0 Å². The van der Waals surface area contributed by atoms with Crippen molar-refractivity contribution in [3.05, 3.63) is 0 Å². The molecule has 21 heavy (non-hydrogen) atoms. The van der Waals surface area contributed by atoms with Crippen molar-refractivity contribution in [1.29, 1.82) is 0 Å². The van der Waals surface area contributed by atoms with Crippen molar-refractivity contribution in [2.24, 2.45) is 4.99 Å². The number of guanidine groups is 1. The van der Waals surface area contributed by atoms with E-state index in [1.807, 2.05) is 11.8 Å². The minimum absolute atomic E-state index is 0.804. The summed E-state index contributed by atoms with van der Waals surface area (Å²) in [5, 5.41) is 6.79. The van der Waals surface area contributed by atoms with Crippen molar-refractivity contribution < 1.29 is 0 Å². The number of nitrogens with one attached hydrogen (secondary N) is 2. The molecule has 5 heteroatoms. The Bertz CT molecular complexity index is 277. The van der Waals surface area contributed by atoms with Crippen LogP contribution in [0.3, 0.4) is 0 Å². The quantitative estimate of drug-likeness (QED) is 0.369. The molecule has 0 aromatic carbocycles. The Hall–Kier alpha value is -0.420. The molecule has 1 rings (SSSR count). The van der Waals surface area contributed by atoms with Crippen molar-refractivity contribution in [3.63, 3.8) is 0 Å². The van der Waals surface area contributed by atoms with Gasteiger partial charge in [0, 0.05) is 32.2 Å². The molecule has 0 aromatic heterocycles. The fraction of sp³-hybridized carbons (Fsp3) is 0.938. The summed E-state index contributed by atoms with van der Waals surface area (Å²) in [6.07, 6.45) is 10.2. The Morgan fingerprint density at radius 1 is 1.24 bits per heavy atom. The van der Waals surface area contributed by atoms with E-state index < -0.39 is 0 Å². The van der Waals surface area contributed by atoms with E-state index in [1.165, 1.54) is 44.3 Å². The van der Waals surface area contributed by atoms with Gasteiger partial charge in [-0.15, -0.1) is 0 Å². The van der Waals surface area contributed by atoms with Crippen LogP contribution in [0.4, 0.5) is 0 Å². The molecule has 0 spiro atoms. The summed E-state index contributed by atoms with van der Waals surface area (Å²) in [4.78, 5) is 7.15. The predicted molar refractivity (Wildman–Crippen MR) is 96.5 cm³/mol. The van der Waals surface area contributed by atoms with E-state index in [9.17, 15) is 0 Å². The van der Waals surface area contributed by atoms with Crippen molar-refractivity contribution in [3.8, 4) is 0 Å². The standard InChI is InChI=1S/C16H34N4S/c1-4-17-16(18-11-7-8-14-21-3)19-12-13-20(2)15-9-5-6-10-15/h15H,4-14H2,1-3H3,(H2,17,18,19). The first-order valence-electron chi connectivity index (χ1n) is 8.49. The smallest absolute Gasteiger partial charge is 0.191 e. The average Bonchev–Trinajstić information content (AvgIpc) is 3.01. The second-order valence-electron chi connectivity index (χ2n) is 5.81. The zero-order chi connectivity index (χ0) is 15.3. The number of rotatable bonds is 10. The molecule has 0 heterocycles. The summed E-state index contributed by atoms with van der Waals surface area (Å²) in [7, 11) is 2.25. The normalized spacial score (nSPS) is 16.7. The number of unbranched alkanes of at least 4 members (excludes halogenated alkanes) is 1. The number of aliphatic imine (C=N–C) groups is 1. The lowest BCUT2D eigenvalue weighted by Crippen LogP contribution is -2.42. The summed E-state index contributed by atoms with van der Waals surface area (Å²) in [5.74, 6) is 2.22. The van der Waals surface area contributed by atoms with Gasteiger partial charge < -0.3 is 15.5 Å². The summed E-state index contributed by atoms with van der Waals surface area (Å²) < 4.78 is 0. The molecule has 4 nitrogen and oxygen atoms in total. The second-order valence-corrected chi connectivity index (χ2v) is 6.79. The van der Waals surface area contributed by atoms with Crippen molar-refractivity contribution in [1.82, 2.24) is 15.5 Å². The van der Waals surface area contributed by atoms with E-state index in [-0.39, 0.29) is 0 Å². The van der Waals surface area contributed by atoms with Crippen molar-refractivity contribution in [2.45, 2.75) is 51.5 Å². The predicted octanol–water partition coefficient (Wildman–Crippen LogP) is 2.56. The molecule has 0 amide bonds. The van der Waals surface area contributed by atoms with E-state index in [0.717, 1.165) is 38.2 Å². The summed E-state index contributed by atoms with van der Waals surface area (Å²) in [6.45, 7) is 6.05. The maximum absolute atomic E-state index is 4.65. The highest BCUT2D eigenvalue weighted by Gasteiger charge is 2.18. The van der Waals surface area contributed by atoms with Crippen LogP contribution in [0.5, 0.6) is 0 Å². The molecule has 0 bridgehead atoms. The third kappa shape index (κ3) is 8.57. The fourth-order valence-electron chi connectivity index (χ4n) is 2.77. The number of nitrogens with zero attached hydrogens (tertiary/aromatic N) is 2. The zero-order valence-electron chi connectivity index (χ0n) is 14.2. The number of hydrogen-bond donors (Lipinski definition) is 2. The monoisotopic (exact) mass is 314 g/mol. The number of hydrogen-bond acceptors (Lipinski definition) is 3. The lowest BCUT2D eigenvalue weighted by molar-refractivity contribution is 0.249. The topological polar surface area (TPSA) is 39.7 Å². The first-order chi connectivity index (χ1) is 10.3. The lowest BCUT2D eigenvalue weighted by atomic mass is 10.2. The number of likely N-dealkylation sites (N-methyl/N-ethyl adjacent to an activating group) is 1. The van der Waals surface area contributed by atoms with Gasteiger partial charge in [-0.05, 0) is 51.7 Å².